The van der Waals surface area contributed by atoms with Crippen LogP contribution in [0.2, 0.25) is 0 Å². The molecule has 0 spiro atoms. The molecule has 0 fully saturated rings. The summed E-state index contributed by atoms with van der Waals surface area (Å²) in [6.45, 7) is 4.47. The lowest BCUT2D eigenvalue weighted by Gasteiger charge is -2.12. The average Bonchev–Trinajstić information content (AvgIpc) is 3.06. The molecule has 9 nitrogen and oxygen atoms in total. The van der Waals surface area contributed by atoms with Crippen molar-refractivity contribution in [2.24, 2.45) is 0 Å². The number of carbonyl (C=O) groups is 4. The van der Waals surface area contributed by atoms with Gasteiger partial charge in [0.15, 0.2) is 5.25 Å². The van der Waals surface area contributed by atoms with E-state index in [-0.39, 0.29) is 12.8 Å². The highest BCUT2D eigenvalue weighted by atomic mass is 32.2. The van der Waals surface area contributed by atoms with Gasteiger partial charge in [-0.25, -0.2) is 0 Å². The molecule has 0 amide bonds. The van der Waals surface area contributed by atoms with Gasteiger partial charge in [-0.05, 0) is 12.8 Å². The van der Waals surface area contributed by atoms with Gasteiger partial charge < -0.3 is 9.47 Å². The first-order valence-corrected chi connectivity index (χ1v) is 22.1. The smallest absolute Gasteiger partial charge is 0.335 e. The largest absolute Gasteiger partial charge is 0.393 e. The summed E-state index contributed by atoms with van der Waals surface area (Å²) >= 11 is 0. The van der Waals surface area contributed by atoms with Crippen molar-refractivity contribution in [2.75, 3.05) is 0 Å². The van der Waals surface area contributed by atoms with Crippen molar-refractivity contribution >= 4 is 34.0 Å². The number of hydrogen-bond acceptors (Lipinski definition) is 8. The van der Waals surface area contributed by atoms with E-state index in [4.69, 9.17) is 0 Å². The minimum atomic E-state index is -5.07. The molecule has 0 aromatic carbocycles. The fourth-order valence-electron chi connectivity index (χ4n) is 6.19. The van der Waals surface area contributed by atoms with E-state index in [9.17, 15) is 32.1 Å². The molecule has 1 unspecified atom stereocenters. The Bertz CT molecular complexity index is 964. The maximum atomic E-state index is 12.3. The van der Waals surface area contributed by atoms with Gasteiger partial charge in [-0.15, -0.1) is 0 Å². The molecule has 1 N–H and O–H groups in total. The Morgan fingerprint density at radius 2 is 0.680 bits per heavy atom. The summed E-state index contributed by atoms with van der Waals surface area (Å²) in [7, 11) is -5.07. The lowest BCUT2D eigenvalue weighted by Crippen LogP contribution is -2.36. The maximum absolute atomic E-state index is 12.3. The van der Waals surface area contributed by atoms with Gasteiger partial charge in [0, 0.05) is 12.8 Å². The Hall–Kier alpha value is -1.81. The SMILES string of the molecule is CCCCCCCCCCCCCCCCCC(=O)OC(=O)CC(C(=O)OC(=O)CCCCCCCCCCCCCCCCC)S(=O)(=O)O. The molecule has 0 aromatic rings. The van der Waals surface area contributed by atoms with Gasteiger partial charge in [0.2, 0.25) is 0 Å². The van der Waals surface area contributed by atoms with Gasteiger partial charge in [0.25, 0.3) is 10.1 Å². The van der Waals surface area contributed by atoms with Crippen LogP contribution in [-0.4, -0.2) is 42.1 Å². The number of esters is 4. The van der Waals surface area contributed by atoms with Crippen LogP contribution in [0.5, 0.6) is 0 Å². The lowest BCUT2D eigenvalue weighted by molar-refractivity contribution is -0.165. The Balaban J connectivity index is 3.97. The van der Waals surface area contributed by atoms with Gasteiger partial charge >= 0.3 is 23.9 Å². The Morgan fingerprint density at radius 1 is 0.420 bits per heavy atom. The van der Waals surface area contributed by atoms with Crippen molar-refractivity contribution < 1.29 is 41.6 Å². The zero-order chi connectivity index (χ0) is 37.1. The molecule has 0 aliphatic heterocycles. The van der Waals surface area contributed by atoms with Crippen molar-refractivity contribution in [1.82, 2.24) is 0 Å². The molecule has 50 heavy (non-hydrogen) atoms. The Labute approximate surface area is 305 Å². The first-order chi connectivity index (χ1) is 24.1. The zero-order valence-electron chi connectivity index (χ0n) is 32.0. The average molecular weight is 731 g/mol. The van der Waals surface area contributed by atoms with Crippen molar-refractivity contribution in [1.29, 1.82) is 0 Å². The summed E-state index contributed by atoms with van der Waals surface area (Å²) in [5, 5.41) is -2.33. The fraction of sp³-hybridized carbons (Fsp3) is 0.900. The van der Waals surface area contributed by atoms with E-state index in [0.717, 1.165) is 51.4 Å². The summed E-state index contributed by atoms with van der Waals surface area (Å²) in [4.78, 5) is 48.7. The normalized spacial score (nSPS) is 12.1. The molecular formula is C40H74O9S. The molecule has 0 saturated carbocycles. The van der Waals surface area contributed by atoms with Gasteiger partial charge in [0.1, 0.15) is 0 Å². The minimum absolute atomic E-state index is 0.0112. The van der Waals surface area contributed by atoms with Crippen molar-refractivity contribution in [3.8, 4) is 0 Å². The van der Waals surface area contributed by atoms with E-state index < -0.39 is 45.7 Å². The predicted octanol–water partition coefficient (Wildman–Crippen LogP) is 11.3. The standard InChI is InChI=1S/C40H74O9S/c1-3-5-7-9-11-13-15-17-19-21-23-25-27-29-31-33-37(41)48-39(43)35-36(50(45,46)47)40(44)49-38(42)34-32-30-28-26-24-22-20-18-16-14-12-10-8-6-4-2/h36H,3-35H2,1-2H3,(H,45,46,47). The van der Waals surface area contributed by atoms with Crippen molar-refractivity contribution in [3.05, 3.63) is 0 Å². The van der Waals surface area contributed by atoms with Gasteiger partial charge in [-0.1, -0.05) is 194 Å². The van der Waals surface area contributed by atoms with Crippen LogP contribution in [0.3, 0.4) is 0 Å². The molecule has 0 aliphatic carbocycles. The van der Waals surface area contributed by atoms with E-state index in [2.05, 4.69) is 23.3 Å². The molecule has 0 radical (unpaired) electrons. The number of hydrogen-bond donors (Lipinski definition) is 1. The van der Waals surface area contributed by atoms with E-state index in [0.29, 0.717) is 12.8 Å². The minimum Gasteiger partial charge on any atom is -0.393 e. The molecule has 10 heteroatoms. The second-order valence-electron chi connectivity index (χ2n) is 14.2. The van der Waals surface area contributed by atoms with Crippen LogP contribution in [0.25, 0.3) is 0 Å². The monoisotopic (exact) mass is 731 g/mol. The van der Waals surface area contributed by atoms with E-state index in [1.807, 2.05) is 0 Å². The summed E-state index contributed by atoms with van der Waals surface area (Å²) < 4.78 is 42.3. The van der Waals surface area contributed by atoms with Crippen LogP contribution >= 0.6 is 0 Å². The maximum Gasteiger partial charge on any atom is 0.335 e. The van der Waals surface area contributed by atoms with Crippen LogP contribution in [0.1, 0.15) is 226 Å². The van der Waals surface area contributed by atoms with Crippen molar-refractivity contribution in [3.63, 3.8) is 0 Å². The molecule has 1 atom stereocenters. The lowest BCUT2D eigenvalue weighted by atomic mass is 10.0. The summed E-state index contributed by atoms with van der Waals surface area (Å²) in [6.07, 6.45) is 33.9. The Kier molecular flexibility index (Phi) is 33.0. The van der Waals surface area contributed by atoms with Crippen LogP contribution in [0, 0.1) is 0 Å². The van der Waals surface area contributed by atoms with Crippen molar-refractivity contribution in [2.45, 2.75) is 231 Å². The highest BCUT2D eigenvalue weighted by Gasteiger charge is 2.37. The third-order valence-electron chi connectivity index (χ3n) is 9.39. The summed E-state index contributed by atoms with van der Waals surface area (Å²) in [5.41, 5.74) is 0. The molecule has 0 aliphatic rings. The fourth-order valence-corrected chi connectivity index (χ4v) is 6.83. The molecule has 0 aromatic heterocycles. The van der Waals surface area contributed by atoms with Crippen LogP contribution in [0.4, 0.5) is 0 Å². The third-order valence-corrected chi connectivity index (χ3v) is 10.5. The Morgan fingerprint density at radius 3 is 0.960 bits per heavy atom. The summed E-state index contributed by atoms with van der Waals surface area (Å²) in [6, 6.07) is 0. The first kappa shape index (κ1) is 48.2. The predicted molar refractivity (Wildman–Crippen MR) is 201 cm³/mol. The number of carbonyl (C=O) groups excluding carboxylic acids is 4. The summed E-state index contributed by atoms with van der Waals surface area (Å²) in [5.74, 6) is -4.57. The van der Waals surface area contributed by atoms with Crippen LogP contribution in [0.15, 0.2) is 0 Å². The quantitative estimate of drug-likeness (QED) is 0.0288. The molecule has 0 rings (SSSR count). The van der Waals surface area contributed by atoms with E-state index >= 15 is 0 Å². The second kappa shape index (κ2) is 34.3. The number of unbranched alkanes of at least 4 members (excludes halogenated alkanes) is 28. The van der Waals surface area contributed by atoms with Gasteiger partial charge in [-0.2, -0.15) is 8.42 Å². The molecule has 0 bridgehead atoms. The van der Waals surface area contributed by atoms with Crippen LogP contribution in [-0.2, 0) is 38.8 Å². The zero-order valence-corrected chi connectivity index (χ0v) is 32.8. The number of rotatable bonds is 36. The number of ether oxygens (including phenoxy) is 2. The molecule has 0 heterocycles. The highest BCUT2D eigenvalue weighted by molar-refractivity contribution is 7.87. The third kappa shape index (κ3) is 32.1. The van der Waals surface area contributed by atoms with E-state index in [1.54, 1.807) is 0 Å². The molecule has 294 valence electrons. The molecule has 0 saturated heterocycles. The second-order valence-corrected chi connectivity index (χ2v) is 15.8. The molecular weight excluding hydrogens is 656 g/mol. The topological polar surface area (TPSA) is 141 Å². The van der Waals surface area contributed by atoms with Crippen LogP contribution < -0.4 is 0 Å². The first-order valence-electron chi connectivity index (χ1n) is 20.6. The highest BCUT2D eigenvalue weighted by Crippen LogP contribution is 2.16. The van der Waals surface area contributed by atoms with Gasteiger partial charge in [0.05, 0.1) is 6.42 Å². The van der Waals surface area contributed by atoms with Gasteiger partial charge in [-0.3, -0.25) is 23.7 Å². The van der Waals surface area contributed by atoms with E-state index in [1.165, 1.54) is 128 Å².